The number of carbonyl (C=O) groups is 1. The lowest BCUT2D eigenvalue weighted by molar-refractivity contribution is 0.223. The van der Waals surface area contributed by atoms with Gasteiger partial charge in [-0.25, -0.2) is 4.79 Å². The van der Waals surface area contributed by atoms with Crippen LogP contribution in [0.5, 0.6) is 0 Å². The molecule has 17 heavy (non-hydrogen) atoms. The van der Waals surface area contributed by atoms with E-state index in [9.17, 15) is 4.79 Å². The first-order valence-electron chi connectivity index (χ1n) is 5.51. The molecular formula is C13H17N3O. The van der Waals surface area contributed by atoms with Gasteiger partial charge in [-0.3, -0.25) is 0 Å². The Balaban J connectivity index is 2.65. The second kappa shape index (κ2) is 5.90. The van der Waals surface area contributed by atoms with Gasteiger partial charge < -0.3 is 10.2 Å². The van der Waals surface area contributed by atoms with E-state index in [2.05, 4.69) is 5.32 Å². The third-order valence-electron chi connectivity index (χ3n) is 2.53. The number of benzene rings is 1. The SMILES string of the molecule is Cc1ccc(NC(=O)N(C)CCC#N)c(C)c1. The zero-order chi connectivity index (χ0) is 12.8. The van der Waals surface area contributed by atoms with Crippen molar-refractivity contribution in [3.63, 3.8) is 0 Å². The van der Waals surface area contributed by atoms with Crippen LogP contribution in [0.2, 0.25) is 0 Å². The summed E-state index contributed by atoms with van der Waals surface area (Å²) in [6, 6.07) is 7.69. The Morgan fingerprint density at radius 1 is 1.47 bits per heavy atom. The standard InChI is InChI=1S/C13H17N3O/c1-10-5-6-12(11(2)9-10)15-13(17)16(3)8-4-7-14/h5-6,9H,4,8H2,1-3H3,(H,15,17). The molecule has 0 aliphatic rings. The Kier molecular flexibility index (Phi) is 4.53. The van der Waals surface area contributed by atoms with Gasteiger partial charge in [-0.1, -0.05) is 17.7 Å². The van der Waals surface area contributed by atoms with Crippen molar-refractivity contribution in [1.82, 2.24) is 4.90 Å². The summed E-state index contributed by atoms with van der Waals surface area (Å²) in [7, 11) is 1.68. The maximum atomic E-state index is 11.8. The first kappa shape index (κ1) is 13.0. The molecule has 0 unspecified atom stereocenters. The second-order valence-corrected chi connectivity index (χ2v) is 4.08. The molecule has 0 spiro atoms. The molecule has 0 aliphatic carbocycles. The van der Waals surface area contributed by atoms with E-state index in [0.29, 0.717) is 13.0 Å². The number of carbonyl (C=O) groups excluding carboxylic acids is 1. The fourth-order valence-corrected chi connectivity index (χ4v) is 1.48. The number of hydrogen-bond donors (Lipinski definition) is 1. The molecule has 0 saturated carbocycles. The Bertz CT molecular complexity index is 448. The minimum Gasteiger partial charge on any atom is -0.327 e. The highest BCUT2D eigenvalue weighted by atomic mass is 16.2. The minimum absolute atomic E-state index is 0.188. The molecule has 0 heterocycles. The first-order valence-corrected chi connectivity index (χ1v) is 5.51. The summed E-state index contributed by atoms with van der Waals surface area (Å²) in [5.74, 6) is 0. The average molecular weight is 231 g/mol. The van der Waals surface area contributed by atoms with E-state index in [-0.39, 0.29) is 6.03 Å². The molecule has 1 N–H and O–H groups in total. The highest BCUT2D eigenvalue weighted by molar-refractivity contribution is 5.90. The number of urea groups is 1. The van der Waals surface area contributed by atoms with Crippen LogP contribution in [-0.2, 0) is 0 Å². The molecule has 90 valence electrons. The molecule has 2 amide bonds. The molecular weight excluding hydrogens is 214 g/mol. The summed E-state index contributed by atoms with van der Waals surface area (Å²) in [5, 5.41) is 11.3. The predicted molar refractivity (Wildman–Crippen MR) is 67.8 cm³/mol. The predicted octanol–water partition coefficient (Wildman–Crippen LogP) is 2.68. The number of amides is 2. The summed E-state index contributed by atoms with van der Waals surface area (Å²) >= 11 is 0. The van der Waals surface area contributed by atoms with Gasteiger partial charge in [-0.2, -0.15) is 5.26 Å². The van der Waals surface area contributed by atoms with Crippen LogP contribution >= 0.6 is 0 Å². The van der Waals surface area contributed by atoms with Gasteiger partial charge in [0.2, 0.25) is 0 Å². The molecule has 0 radical (unpaired) electrons. The van der Waals surface area contributed by atoms with Crippen LogP contribution in [-0.4, -0.2) is 24.5 Å². The van der Waals surface area contributed by atoms with E-state index >= 15 is 0 Å². The number of hydrogen-bond acceptors (Lipinski definition) is 2. The third kappa shape index (κ3) is 3.80. The van der Waals surface area contributed by atoms with Crippen LogP contribution in [0.4, 0.5) is 10.5 Å². The van der Waals surface area contributed by atoms with E-state index < -0.39 is 0 Å². The highest BCUT2D eigenvalue weighted by Gasteiger charge is 2.09. The number of aryl methyl sites for hydroxylation is 2. The van der Waals surface area contributed by atoms with Crippen molar-refractivity contribution in [3.8, 4) is 6.07 Å². The smallest absolute Gasteiger partial charge is 0.321 e. The van der Waals surface area contributed by atoms with Gasteiger partial charge >= 0.3 is 6.03 Å². The fourth-order valence-electron chi connectivity index (χ4n) is 1.48. The van der Waals surface area contributed by atoms with Crippen molar-refractivity contribution >= 4 is 11.7 Å². The Labute approximate surface area is 102 Å². The molecule has 1 rings (SSSR count). The lowest BCUT2D eigenvalue weighted by Crippen LogP contribution is -2.32. The van der Waals surface area contributed by atoms with Crippen molar-refractivity contribution in [2.24, 2.45) is 0 Å². The summed E-state index contributed by atoms with van der Waals surface area (Å²) < 4.78 is 0. The highest BCUT2D eigenvalue weighted by Crippen LogP contribution is 2.16. The van der Waals surface area contributed by atoms with Gasteiger partial charge in [0.15, 0.2) is 0 Å². The number of nitriles is 1. The van der Waals surface area contributed by atoms with Crippen molar-refractivity contribution in [2.75, 3.05) is 18.9 Å². The summed E-state index contributed by atoms with van der Waals surface area (Å²) in [5.41, 5.74) is 3.01. The number of nitrogens with one attached hydrogen (secondary N) is 1. The van der Waals surface area contributed by atoms with Crippen molar-refractivity contribution in [2.45, 2.75) is 20.3 Å². The van der Waals surface area contributed by atoms with E-state index in [4.69, 9.17) is 5.26 Å². The quantitative estimate of drug-likeness (QED) is 0.869. The zero-order valence-electron chi connectivity index (χ0n) is 10.4. The molecule has 1 aromatic rings. The van der Waals surface area contributed by atoms with Crippen molar-refractivity contribution < 1.29 is 4.79 Å². The van der Waals surface area contributed by atoms with Gasteiger partial charge in [0.05, 0.1) is 12.5 Å². The number of nitrogens with zero attached hydrogens (tertiary/aromatic N) is 2. The molecule has 4 heteroatoms. The molecule has 4 nitrogen and oxygen atoms in total. The summed E-state index contributed by atoms with van der Waals surface area (Å²) in [6.07, 6.45) is 0.344. The summed E-state index contributed by atoms with van der Waals surface area (Å²) in [4.78, 5) is 13.3. The average Bonchev–Trinajstić information content (AvgIpc) is 2.29. The van der Waals surface area contributed by atoms with E-state index in [1.807, 2.05) is 38.1 Å². The maximum absolute atomic E-state index is 11.8. The lowest BCUT2D eigenvalue weighted by atomic mass is 10.1. The van der Waals surface area contributed by atoms with Crippen LogP contribution in [0.25, 0.3) is 0 Å². The minimum atomic E-state index is -0.188. The van der Waals surface area contributed by atoms with Crippen LogP contribution < -0.4 is 5.32 Å². The summed E-state index contributed by atoms with van der Waals surface area (Å²) in [6.45, 7) is 4.41. The molecule has 0 aliphatic heterocycles. The van der Waals surface area contributed by atoms with Gasteiger partial charge in [-0.15, -0.1) is 0 Å². The molecule has 0 aromatic heterocycles. The van der Waals surface area contributed by atoms with Crippen LogP contribution in [0, 0.1) is 25.2 Å². The Morgan fingerprint density at radius 2 is 2.18 bits per heavy atom. The number of anilines is 1. The topological polar surface area (TPSA) is 56.1 Å². The van der Waals surface area contributed by atoms with Crippen LogP contribution in [0.15, 0.2) is 18.2 Å². The maximum Gasteiger partial charge on any atom is 0.321 e. The van der Waals surface area contributed by atoms with Crippen molar-refractivity contribution in [3.05, 3.63) is 29.3 Å². The third-order valence-corrected chi connectivity index (χ3v) is 2.53. The monoisotopic (exact) mass is 231 g/mol. The lowest BCUT2D eigenvalue weighted by Gasteiger charge is -2.17. The van der Waals surface area contributed by atoms with E-state index in [1.165, 1.54) is 10.5 Å². The van der Waals surface area contributed by atoms with E-state index in [0.717, 1.165) is 11.3 Å². The first-order chi connectivity index (χ1) is 8.04. The Hall–Kier alpha value is -2.02. The van der Waals surface area contributed by atoms with Gasteiger partial charge in [0, 0.05) is 19.3 Å². The molecule has 1 aromatic carbocycles. The number of rotatable bonds is 3. The van der Waals surface area contributed by atoms with Crippen molar-refractivity contribution in [1.29, 1.82) is 5.26 Å². The van der Waals surface area contributed by atoms with Gasteiger partial charge in [-0.05, 0) is 25.5 Å². The van der Waals surface area contributed by atoms with Crippen LogP contribution in [0.1, 0.15) is 17.5 Å². The van der Waals surface area contributed by atoms with Gasteiger partial charge in [0.1, 0.15) is 0 Å². The van der Waals surface area contributed by atoms with Crippen LogP contribution in [0.3, 0.4) is 0 Å². The molecule has 0 fully saturated rings. The normalized spacial score (nSPS) is 9.53. The van der Waals surface area contributed by atoms with Gasteiger partial charge in [0.25, 0.3) is 0 Å². The largest absolute Gasteiger partial charge is 0.327 e. The molecule has 0 saturated heterocycles. The van der Waals surface area contributed by atoms with E-state index in [1.54, 1.807) is 7.05 Å². The Morgan fingerprint density at radius 3 is 2.76 bits per heavy atom. The second-order valence-electron chi connectivity index (χ2n) is 4.08. The molecule has 0 bridgehead atoms. The molecule has 0 atom stereocenters. The fraction of sp³-hybridized carbons (Fsp3) is 0.385. The zero-order valence-corrected chi connectivity index (χ0v) is 10.4.